The fraction of sp³-hybridized carbons (Fsp3) is 0.830. The minimum absolute atomic E-state index is 0.187. The van der Waals surface area contributed by atoms with Gasteiger partial charge in [-0.05, 0) is 52.5 Å². The van der Waals surface area contributed by atoms with Gasteiger partial charge in [0.1, 0.15) is 10.6 Å². The highest BCUT2D eigenvalue weighted by molar-refractivity contribution is 7.17. The van der Waals surface area contributed by atoms with Gasteiger partial charge in [-0.2, -0.15) is 0 Å². The van der Waals surface area contributed by atoms with Crippen molar-refractivity contribution in [2.45, 2.75) is 240 Å². The van der Waals surface area contributed by atoms with Crippen LogP contribution in [0.5, 0.6) is 0 Å². The molecular formula is C47H82N2O6S. The Balaban J connectivity index is 2.04. The molecule has 0 N–H and O–H groups in total. The third kappa shape index (κ3) is 20.3. The molecule has 3 amide bonds. The summed E-state index contributed by atoms with van der Waals surface area (Å²) < 4.78 is 11.2. The molecule has 0 fully saturated rings. The van der Waals surface area contributed by atoms with Crippen molar-refractivity contribution in [3.8, 4) is 0 Å². The second kappa shape index (κ2) is 29.7. The molecule has 0 spiro atoms. The first-order valence-electron chi connectivity index (χ1n) is 23.2. The Kier molecular flexibility index (Phi) is 26.4. The molecule has 9 heteroatoms. The lowest BCUT2D eigenvalue weighted by Crippen LogP contribution is -2.39. The fourth-order valence-electron chi connectivity index (χ4n) is 7.62. The van der Waals surface area contributed by atoms with Crippen molar-refractivity contribution in [1.29, 1.82) is 0 Å². The maximum absolute atomic E-state index is 14.1. The summed E-state index contributed by atoms with van der Waals surface area (Å²) in [5.74, 6) is -1.01. The van der Waals surface area contributed by atoms with Crippen LogP contribution in [0.2, 0.25) is 0 Å². The first-order valence-corrected chi connectivity index (χ1v) is 24.0. The van der Waals surface area contributed by atoms with Crippen molar-refractivity contribution >= 4 is 40.2 Å². The van der Waals surface area contributed by atoms with E-state index in [0.29, 0.717) is 36.4 Å². The Labute approximate surface area is 346 Å². The first-order chi connectivity index (χ1) is 27.0. The van der Waals surface area contributed by atoms with Gasteiger partial charge < -0.3 is 14.4 Å². The summed E-state index contributed by atoms with van der Waals surface area (Å²) in [4.78, 5) is 58.4. The zero-order valence-corrected chi connectivity index (χ0v) is 37.7. The lowest BCUT2D eigenvalue weighted by molar-refractivity contribution is -0.126. The molecule has 322 valence electrons. The highest BCUT2D eigenvalue weighted by Gasteiger charge is 2.37. The van der Waals surface area contributed by atoms with Gasteiger partial charge in [-0.3, -0.25) is 9.59 Å². The fourth-order valence-corrected chi connectivity index (χ4v) is 9.00. The second-order valence-electron chi connectivity index (χ2n) is 17.2. The van der Waals surface area contributed by atoms with Crippen molar-refractivity contribution in [2.24, 2.45) is 0 Å². The van der Waals surface area contributed by atoms with Crippen LogP contribution in [-0.4, -0.2) is 47.5 Å². The molecule has 0 bridgehead atoms. The van der Waals surface area contributed by atoms with Crippen LogP contribution < -0.4 is 4.90 Å². The number of carbonyl (C=O) groups excluding carboxylic acids is 4. The quantitative estimate of drug-likeness (QED) is 0.0548. The molecular weight excluding hydrogens is 721 g/mol. The van der Waals surface area contributed by atoms with Crippen LogP contribution in [0, 0.1) is 0 Å². The van der Waals surface area contributed by atoms with Gasteiger partial charge in [-0.15, -0.1) is 11.3 Å². The van der Waals surface area contributed by atoms with Gasteiger partial charge in [0.2, 0.25) is 11.8 Å². The molecule has 2 heterocycles. The molecule has 0 unspecified atom stereocenters. The summed E-state index contributed by atoms with van der Waals surface area (Å²) in [6.07, 6.45) is 32.1. The maximum Gasteiger partial charge on any atom is 0.410 e. The molecule has 1 aliphatic rings. The summed E-state index contributed by atoms with van der Waals surface area (Å²) in [5, 5.41) is 0.360. The first kappa shape index (κ1) is 49.7. The van der Waals surface area contributed by atoms with E-state index >= 15 is 0 Å². The smallest absolute Gasteiger partial charge is 0.410 e. The third-order valence-corrected chi connectivity index (χ3v) is 12.1. The SMILES string of the molecule is CCCCCCCCCCCCCCCC(=O)N(C(=O)CCCCCCCCCCCCCCC)c1sc2c(c1C(=O)OCC)CCN(C(=O)OC(C)(C)C)C2. The third-order valence-electron chi connectivity index (χ3n) is 10.9. The van der Waals surface area contributed by atoms with Crippen LogP contribution in [0.4, 0.5) is 9.80 Å². The van der Waals surface area contributed by atoms with Crippen molar-refractivity contribution in [2.75, 3.05) is 18.1 Å². The lowest BCUT2D eigenvalue weighted by Gasteiger charge is -2.30. The molecule has 0 radical (unpaired) electrons. The predicted octanol–water partition coefficient (Wildman–Crippen LogP) is 14.0. The number of anilines is 1. The highest BCUT2D eigenvalue weighted by atomic mass is 32.1. The van der Waals surface area contributed by atoms with Crippen LogP contribution in [0.15, 0.2) is 0 Å². The number of carbonyl (C=O) groups is 4. The van der Waals surface area contributed by atoms with Crippen molar-refractivity contribution in [1.82, 2.24) is 4.90 Å². The van der Waals surface area contributed by atoms with E-state index in [1.54, 1.807) is 11.8 Å². The van der Waals surface area contributed by atoms with Crippen molar-refractivity contribution < 1.29 is 28.7 Å². The molecule has 0 atom stereocenters. The van der Waals surface area contributed by atoms with Crippen LogP contribution in [0.3, 0.4) is 0 Å². The number of amides is 3. The van der Waals surface area contributed by atoms with E-state index in [-0.39, 0.29) is 37.8 Å². The largest absolute Gasteiger partial charge is 0.462 e. The number of rotatable bonds is 31. The Morgan fingerprint density at radius 3 is 1.38 bits per heavy atom. The van der Waals surface area contributed by atoms with E-state index < -0.39 is 17.7 Å². The van der Waals surface area contributed by atoms with Gasteiger partial charge >= 0.3 is 12.1 Å². The van der Waals surface area contributed by atoms with Crippen molar-refractivity contribution in [3.05, 3.63) is 16.0 Å². The van der Waals surface area contributed by atoms with E-state index in [2.05, 4.69) is 13.8 Å². The predicted molar refractivity (Wildman–Crippen MR) is 234 cm³/mol. The average molecular weight is 803 g/mol. The highest BCUT2D eigenvalue weighted by Crippen LogP contribution is 2.41. The van der Waals surface area contributed by atoms with E-state index in [4.69, 9.17) is 9.47 Å². The summed E-state index contributed by atoms with van der Waals surface area (Å²) in [7, 11) is 0. The molecule has 1 aromatic rings. The molecule has 56 heavy (non-hydrogen) atoms. The maximum atomic E-state index is 14.1. The van der Waals surface area contributed by atoms with Gasteiger partial charge in [0, 0.05) is 24.3 Å². The van der Waals surface area contributed by atoms with E-state index in [0.717, 1.165) is 36.1 Å². The summed E-state index contributed by atoms with van der Waals surface area (Å²) in [6, 6.07) is 0. The monoisotopic (exact) mass is 803 g/mol. The van der Waals surface area contributed by atoms with Gasteiger partial charge in [0.25, 0.3) is 0 Å². The molecule has 0 saturated heterocycles. The molecule has 0 aromatic carbocycles. The molecule has 0 saturated carbocycles. The molecule has 1 aliphatic heterocycles. The zero-order valence-electron chi connectivity index (χ0n) is 36.9. The van der Waals surface area contributed by atoms with E-state index in [1.165, 1.54) is 145 Å². The van der Waals surface area contributed by atoms with E-state index in [9.17, 15) is 19.2 Å². The molecule has 0 aliphatic carbocycles. The summed E-state index contributed by atoms with van der Waals surface area (Å²) in [5.41, 5.74) is 0.453. The normalized spacial score (nSPS) is 12.8. The number of hydrogen-bond acceptors (Lipinski definition) is 7. The molecule has 8 nitrogen and oxygen atoms in total. The van der Waals surface area contributed by atoms with Gasteiger partial charge in [0.15, 0.2) is 0 Å². The van der Waals surface area contributed by atoms with Gasteiger partial charge in [0.05, 0.1) is 18.7 Å². The summed E-state index contributed by atoms with van der Waals surface area (Å²) in [6.45, 7) is 12.6. The number of fused-ring (bicyclic) bond motifs is 1. The Morgan fingerprint density at radius 2 is 1.00 bits per heavy atom. The Bertz CT molecular complexity index is 1210. The number of esters is 1. The van der Waals surface area contributed by atoms with Crippen LogP contribution in [0.1, 0.15) is 242 Å². The number of nitrogens with zero attached hydrogens (tertiary/aromatic N) is 2. The Hall–Kier alpha value is -2.42. The molecule has 1 aromatic heterocycles. The number of unbranched alkanes of at least 4 members (excludes halogenated alkanes) is 24. The number of ether oxygens (including phenoxy) is 2. The van der Waals surface area contributed by atoms with Crippen LogP contribution in [0.25, 0.3) is 0 Å². The standard InChI is InChI=1S/C47H82N2O6S/c1-7-10-12-14-16-18-20-22-24-26-28-30-32-34-41(50)49(42(51)35-33-31-29-27-25-23-21-19-17-15-13-11-8-2)44-43(45(52)54-9-3)39-36-37-48(38-40(39)56-44)46(53)55-47(4,5)6/h7-38H2,1-6H3. The van der Waals surface area contributed by atoms with Crippen LogP contribution >= 0.6 is 11.3 Å². The average Bonchev–Trinajstić information content (AvgIpc) is 3.53. The number of thiophene rings is 1. The van der Waals surface area contributed by atoms with Gasteiger partial charge in [-0.25, -0.2) is 14.5 Å². The zero-order chi connectivity index (χ0) is 41.0. The minimum atomic E-state index is -0.634. The second-order valence-corrected chi connectivity index (χ2v) is 18.2. The summed E-state index contributed by atoms with van der Waals surface area (Å²) >= 11 is 1.28. The Morgan fingerprint density at radius 1 is 0.607 bits per heavy atom. The van der Waals surface area contributed by atoms with Gasteiger partial charge in [-0.1, -0.05) is 168 Å². The minimum Gasteiger partial charge on any atom is -0.462 e. The lowest BCUT2D eigenvalue weighted by atomic mass is 10.0. The molecule has 2 rings (SSSR count). The number of hydrogen-bond donors (Lipinski definition) is 0. The van der Waals surface area contributed by atoms with Crippen LogP contribution in [-0.2, 0) is 32.0 Å². The topological polar surface area (TPSA) is 93.2 Å². The number of imide groups is 1. The van der Waals surface area contributed by atoms with Crippen molar-refractivity contribution in [3.63, 3.8) is 0 Å². The van der Waals surface area contributed by atoms with E-state index in [1.807, 2.05) is 20.8 Å².